The van der Waals surface area contributed by atoms with Crippen LogP contribution in [0.4, 0.5) is 10.5 Å². The van der Waals surface area contributed by atoms with Crippen molar-refractivity contribution in [3.8, 4) is 5.75 Å². The molecule has 120 valence electrons. The first kappa shape index (κ1) is 16.1. The first-order valence-electron chi connectivity index (χ1n) is 6.46. The average molecular weight is 319 g/mol. The van der Waals surface area contributed by atoms with Crippen molar-refractivity contribution >= 4 is 28.7 Å². The van der Waals surface area contributed by atoms with Crippen LogP contribution < -0.4 is 4.74 Å². The number of methoxy groups -OCH3 is 1. The molecule has 1 amide bonds. The second kappa shape index (κ2) is 6.69. The number of hydrogen-bond acceptors (Lipinski definition) is 7. The Bertz CT molecular complexity index is 776. The van der Waals surface area contributed by atoms with Crippen LogP contribution in [0.2, 0.25) is 0 Å². The minimum Gasteiger partial charge on any atom is -0.468 e. The fourth-order valence-corrected chi connectivity index (χ4v) is 1.87. The van der Waals surface area contributed by atoms with E-state index in [0.717, 1.165) is 4.90 Å². The molecular formula is C14H13N3O6. The summed E-state index contributed by atoms with van der Waals surface area (Å²) in [6, 6.07) is 5.57. The van der Waals surface area contributed by atoms with Crippen molar-refractivity contribution in [3.05, 3.63) is 40.6 Å². The number of aromatic nitrogens is 1. The van der Waals surface area contributed by atoms with Crippen molar-refractivity contribution in [2.24, 2.45) is 0 Å². The van der Waals surface area contributed by atoms with E-state index < -0.39 is 17.0 Å². The molecule has 0 aliphatic rings. The van der Waals surface area contributed by atoms with E-state index >= 15 is 0 Å². The van der Waals surface area contributed by atoms with E-state index in [1.54, 1.807) is 6.07 Å². The Morgan fingerprint density at radius 2 is 2.09 bits per heavy atom. The molecule has 2 aromatic rings. The molecule has 0 aliphatic carbocycles. The number of non-ortho nitro benzene ring substituents is 1. The summed E-state index contributed by atoms with van der Waals surface area (Å²) in [5.41, 5.74) is 0.0392. The van der Waals surface area contributed by atoms with E-state index in [1.165, 1.54) is 38.6 Å². The summed E-state index contributed by atoms with van der Waals surface area (Å²) in [5.74, 6) is -0.538. The van der Waals surface area contributed by atoms with Crippen LogP contribution in [-0.4, -0.2) is 47.6 Å². The van der Waals surface area contributed by atoms with Gasteiger partial charge >= 0.3 is 12.1 Å². The first-order valence-corrected chi connectivity index (χ1v) is 6.46. The number of hydrogen-bond donors (Lipinski definition) is 0. The molecule has 0 unspecified atom stereocenters. The molecule has 0 saturated carbocycles. The van der Waals surface area contributed by atoms with Crippen molar-refractivity contribution in [1.82, 2.24) is 9.88 Å². The summed E-state index contributed by atoms with van der Waals surface area (Å²) in [5, 5.41) is 11.3. The van der Waals surface area contributed by atoms with Crippen molar-refractivity contribution in [2.45, 2.75) is 0 Å². The van der Waals surface area contributed by atoms with Gasteiger partial charge in [0.15, 0.2) is 5.75 Å². The third kappa shape index (κ3) is 3.51. The standard InChI is InChI=1S/C14H13N3O6/c1-16(8-12(18)22-2)14(19)23-11-6-5-10(17(20)21)9-4-3-7-15-13(9)11/h3-7H,8H2,1-2H3. The molecule has 2 rings (SSSR count). The number of carbonyl (C=O) groups excluding carboxylic acids is 2. The molecule has 9 heteroatoms. The quantitative estimate of drug-likeness (QED) is 0.479. The number of nitro benzene ring substituents is 1. The monoisotopic (exact) mass is 319 g/mol. The summed E-state index contributed by atoms with van der Waals surface area (Å²) >= 11 is 0. The Labute approximate surface area is 130 Å². The largest absolute Gasteiger partial charge is 0.468 e. The molecule has 0 atom stereocenters. The number of pyridine rings is 1. The van der Waals surface area contributed by atoms with Crippen molar-refractivity contribution < 1.29 is 24.0 Å². The smallest absolute Gasteiger partial charge is 0.415 e. The van der Waals surface area contributed by atoms with Gasteiger partial charge in [-0.25, -0.2) is 4.79 Å². The topological polar surface area (TPSA) is 112 Å². The van der Waals surface area contributed by atoms with Crippen LogP contribution in [0.15, 0.2) is 30.5 Å². The number of fused-ring (bicyclic) bond motifs is 1. The third-order valence-corrected chi connectivity index (χ3v) is 3.01. The molecular weight excluding hydrogens is 306 g/mol. The fraction of sp³-hybridized carbons (Fsp3) is 0.214. The minimum atomic E-state index is -0.809. The predicted molar refractivity (Wildman–Crippen MR) is 79.1 cm³/mol. The molecule has 0 spiro atoms. The predicted octanol–water partition coefficient (Wildman–Crippen LogP) is 1.75. The van der Waals surface area contributed by atoms with Crippen LogP contribution in [0.5, 0.6) is 5.75 Å². The lowest BCUT2D eigenvalue weighted by molar-refractivity contribution is -0.383. The molecule has 1 aromatic carbocycles. The Hall–Kier alpha value is -3.23. The van der Waals surface area contributed by atoms with Gasteiger partial charge in [0.25, 0.3) is 5.69 Å². The van der Waals surface area contributed by atoms with Crippen molar-refractivity contribution in [3.63, 3.8) is 0 Å². The SMILES string of the molecule is COC(=O)CN(C)C(=O)Oc1ccc([N+](=O)[O-])c2cccnc12. The third-order valence-electron chi connectivity index (χ3n) is 3.01. The van der Waals surface area contributed by atoms with E-state index in [4.69, 9.17) is 4.74 Å². The molecule has 0 bridgehead atoms. The number of nitro groups is 1. The van der Waals surface area contributed by atoms with Crippen LogP contribution in [0.1, 0.15) is 0 Å². The van der Waals surface area contributed by atoms with Gasteiger partial charge in [0, 0.05) is 19.3 Å². The van der Waals surface area contributed by atoms with Gasteiger partial charge in [-0.2, -0.15) is 0 Å². The molecule has 0 fully saturated rings. The zero-order valence-corrected chi connectivity index (χ0v) is 12.4. The summed E-state index contributed by atoms with van der Waals surface area (Å²) in [6.07, 6.45) is 0.623. The van der Waals surface area contributed by atoms with E-state index in [2.05, 4.69) is 9.72 Å². The zero-order chi connectivity index (χ0) is 17.0. The summed E-state index contributed by atoms with van der Waals surface area (Å²) in [7, 11) is 2.57. The maximum atomic E-state index is 12.0. The number of ether oxygens (including phenoxy) is 2. The number of nitrogens with zero attached hydrogens (tertiary/aromatic N) is 3. The number of amides is 1. The number of benzene rings is 1. The Kier molecular flexibility index (Phi) is 4.69. The van der Waals surface area contributed by atoms with Gasteiger partial charge < -0.3 is 9.47 Å². The zero-order valence-electron chi connectivity index (χ0n) is 12.4. The lowest BCUT2D eigenvalue weighted by atomic mass is 10.1. The molecule has 23 heavy (non-hydrogen) atoms. The summed E-state index contributed by atoms with van der Waals surface area (Å²) < 4.78 is 9.62. The minimum absolute atomic E-state index is 0.0629. The van der Waals surface area contributed by atoms with E-state index in [-0.39, 0.29) is 28.9 Å². The van der Waals surface area contributed by atoms with Gasteiger partial charge in [0.2, 0.25) is 0 Å². The number of rotatable bonds is 4. The van der Waals surface area contributed by atoms with Crippen molar-refractivity contribution in [2.75, 3.05) is 20.7 Å². The molecule has 1 heterocycles. The summed E-state index contributed by atoms with van der Waals surface area (Å²) in [4.78, 5) is 38.6. The van der Waals surface area contributed by atoms with E-state index in [1.807, 2.05) is 0 Å². The highest BCUT2D eigenvalue weighted by Gasteiger charge is 2.20. The Morgan fingerprint density at radius 1 is 1.35 bits per heavy atom. The molecule has 0 N–H and O–H groups in total. The fourth-order valence-electron chi connectivity index (χ4n) is 1.87. The van der Waals surface area contributed by atoms with Gasteiger partial charge in [-0.3, -0.25) is 24.8 Å². The first-order chi connectivity index (χ1) is 10.9. The van der Waals surface area contributed by atoms with Crippen molar-refractivity contribution in [1.29, 1.82) is 0 Å². The Balaban J connectivity index is 2.31. The molecule has 0 radical (unpaired) electrons. The van der Waals surface area contributed by atoms with Crippen LogP contribution >= 0.6 is 0 Å². The van der Waals surface area contributed by atoms with Gasteiger partial charge in [0.05, 0.1) is 17.4 Å². The second-order valence-corrected chi connectivity index (χ2v) is 4.54. The number of likely N-dealkylation sites (N-methyl/N-ethyl adjacent to an activating group) is 1. The highest BCUT2D eigenvalue weighted by Crippen LogP contribution is 2.31. The van der Waals surface area contributed by atoms with Gasteiger partial charge in [0.1, 0.15) is 12.1 Å². The molecule has 0 saturated heterocycles. The molecule has 9 nitrogen and oxygen atoms in total. The lowest BCUT2D eigenvalue weighted by Gasteiger charge is -2.15. The van der Waals surface area contributed by atoms with Crippen LogP contribution in [0.25, 0.3) is 10.9 Å². The number of esters is 1. The average Bonchev–Trinajstić information content (AvgIpc) is 2.54. The van der Waals surface area contributed by atoms with E-state index in [0.29, 0.717) is 0 Å². The summed E-state index contributed by atoms with van der Waals surface area (Å²) in [6.45, 7) is -0.284. The maximum Gasteiger partial charge on any atom is 0.415 e. The van der Waals surface area contributed by atoms with Gasteiger partial charge in [-0.15, -0.1) is 0 Å². The Morgan fingerprint density at radius 3 is 2.74 bits per heavy atom. The molecule has 0 aliphatic heterocycles. The lowest BCUT2D eigenvalue weighted by Crippen LogP contribution is -2.34. The van der Waals surface area contributed by atoms with E-state index in [9.17, 15) is 19.7 Å². The normalized spacial score (nSPS) is 10.2. The second-order valence-electron chi connectivity index (χ2n) is 4.54. The van der Waals surface area contributed by atoms with Crippen LogP contribution in [0, 0.1) is 10.1 Å². The van der Waals surface area contributed by atoms with Gasteiger partial charge in [-0.05, 0) is 18.2 Å². The highest BCUT2D eigenvalue weighted by atomic mass is 16.6. The van der Waals surface area contributed by atoms with Gasteiger partial charge in [-0.1, -0.05) is 0 Å². The highest BCUT2D eigenvalue weighted by molar-refractivity contribution is 5.93. The molecule has 1 aromatic heterocycles. The maximum absolute atomic E-state index is 12.0. The van der Waals surface area contributed by atoms with Crippen LogP contribution in [0.3, 0.4) is 0 Å². The van der Waals surface area contributed by atoms with Crippen LogP contribution in [-0.2, 0) is 9.53 Å². The number of carbonyl (C=O) groups is 2.